The smallest absolute Gasteiger partial charge is 0.410 e. The minimum Gasteiger partial charge on any atom is -0.444 e. The van der Waals surface area contributed by atoms with Crippen LogP contribution >= 0.6 is 0 Å². The molecule has 4 aliphatic rings. The van der Waals surface area contributed by atoms with Crippen molar-refractivity contribution in [3.63, 3.8) is 0 Å². The number of amides is 2. The third-order valence-corrected chi connectivity index (χ3v) is 10.7. The van der Waals surface area contributed by atoms with Crippen LogP contribution < -0.4 is 0 Å². The maximum atomic E-state index is 13.1. The molecule has 0 radical (unpaired) electrons. The van der Waals surface area contributed by atoms with Crippen molar-refractivity contribution in [3.8, 4) is 33.6 Å². The lowest BCUT2D eigenvalue weighted by Gasteiger charge is -2.27. The number of benzene rings is 2. The van der Waals surface area contributed by atoms with Crippen LogP contribution in [0.25, 0.3) is 33.6 Å². The maximum Gasteiger partial charge on any atom is 0.410 e. The van der Waals surface area contributed by atoms with Crippen molar-refractivity contribution in [2.24, 2.45) is 10.8 Å². The number of rotatable bonds is 5. The maximum absolute atomic E-state index is 13.1. The molecule has 50 heavy (non-hydrogen) atoms. The average Bonchev–Trinajstić information content (AvgIpc) is 3.63. The molecule has 2 N–H and O–H groups in total. The van der Waals surface area contributed by atoms with Crippen LogP contribution in [0.1, 0.15) is 104 Å². The van der Waals surface area contributed by atoms with Gasteiger partial charge in [0.2, 0.25) is 0 Å². The van der Waals surface area contributed by atoms with Gasteiger partial charge < -0.3 is 19.4 Å². The predicted octanol–water partition coefficient (Wildman–Crippen LogP) is 9.06. The summed E-state index contributed by atoms with van der Waals surface area (Å²) in [6.45, 7) is 12.9. The summed E-state index contributed by atoms with van der Waals surface area (Å²) in [5, 5.41) is 0. The van der Waals surface area contributed by atoms with Crippen LogP contribution in [0.2, 0.25) is 0 Å². The van der Waals surface area contributed by atoms with Crippen molar-refractivity contribution in [2.75, 3.05) is 13.1 Å². The number of hydrogen-bond acceptors (Lipinski definition) is 6. The Kier molecular flexibility index (Phi) is 7.48. The fraction of sp³-hybridized carbons (Fsp3) is 0.500. The molecular weight excluding hydrogens is 628 g/mol. The Morgan fingerprint density at radius 2 is 0.960 bits per heavy atom. The zero-order valence-corrected chi connectivity index (χ0v) is 30.0. The molecule has 2 amide bonds. The van der Waals surface area contributed by atoms with Gasteiger partial charge in [-0.05, 0) is 113 Å². The van der Waals surface area contributed by atoms with E-state index in [4.69, 9.17) is 19.4 Å². The Bertz CT molecular complexity index is 1760. The largest absolute Gasteiger partial charge is 0.444 e. The fourth-order valence-corrected chi connectivity index (χ4v) is 7.69. The number of hydrogen-bond donors (Lipinski definition) is 2. The molecule has 2 saturated heterocycles. The van der Waals surface area contributed by atoms with E-state index in [1.807, 2.05) is 63.7 Å². The number of carbonyl (C=O) groups excluding carboxylic acids is 2. The number of likely N-dealkylation sites (tertiary alicyclic amines) is 2. The molecule has 10 heteroatoms. The summed E-state index contributed by atoms with van der Waals surface area (Å²) in [4.78, 5) is 46.5. The van der Waals surface area contributed by atoms with Gasteiger partial charge in [-0.15, -0.1) is 0 Å². The first kappa shape index (κ1) is 32.6. The molecular formula is C40H48N6O4. The highest BCUT2D eigenvalue weighted by Crippen LogP contribution is 2.59. The molecule has 0 unspecified atom stereocenters. The molecule has 262 valence electrons. The van der Waals surface area contributed by atoms with Gasteiger partial charge in [0.05, 0.1) is 35.9 Å². The van der Waals surface area contributed by atoms with Gasteiger partial charge in [0.15, 0.2) is 0 Å². The van der Waals surface area contributed by atoms with Gasteiger partial charge in [-0.1, -0.05) is 48.5 Å². The van der Waals surface area contributed by atoms with Crippen molar-refractivity contribution in [2.45, 2.75) is 103 Å². The summed E-state index contributed by atoms with van der Waals surface area (Å²) in [7, 11) is 0. The average molecular weight is 677 g/mol. The van der Waals surface area contributed by atoms with Gasteiger partial charge in [0.25, 0.3) is 0 Å². The molecule has 2 aromatic heterocycles. The Morgan fingerprint density at radius 3 is 1.28 bits per heavy atom. The second kappa shape index (κ2) is 11.5. The summed E-state index contributed by atoms with van der Waals surface area (Å²) >= 11 is 0. The van der Waals surface area contributed by atoms with Crippen LogP contribution in [-0.2, 0) is 9.47 Å². The van der Waals surface area contributed by atoms with Crippen molar-refractivity contribution in [1.29, 1.82) is 0 Å². The normalized spacial score (nSPS) is 22.0. The van der Waals surface area contributed by atoms with Crippen LogP contribution in [0.15, 0.2) is 60.9 Å². The SMILES string of the molecule is CC(C)(C)OC(=O)N1CC2(CC2)C[C@H]1c1ncc(-c2ccc(-c3ccc(-c4cnc([C@@H]5CC6(CC6)CN5C(=O)OC(C)(C)C)[nH]4)cc3)cc2)[nH]1. The lowest BCUT2D eigenvalue weighted by molar-refractivity contribution is 0.0202. The molecule has 2 aromatic carbocycles. The molecule has 2 spiro atoms. The van der Waals surface area contributed by atoms with Crippen molar-refractivity contribution in [1.82, 2.24) is 29.7 Å². The number of carbonyl (C=O) groups is 2. The summed E-state index contributed by atoms with van der Waals surface area (Å²) in [5.74, 6) is 1.63. The highest BCUT2D eigenvalue weighted by atomic mass is 16.6. The van der Waals surface area contributed by atoms with E-state index >= 15 is 0 Å². The first-order valence-electron chi connectivity index (χ1n) is 18.0. The molecule has 8 rings (SSSR count). The molecule has 2 saturated carbocycles. The van der Waals surface area contributed by atoms with E-state index in [9.17, 15) is 9.59 Å². The molecule has 0 bridgehead atoms. The van der Waals surface area contributed by atoms with E-state index in [0.717, 1.165) is 96.9 Å². The first-order valence-corrected chi connectivity index (χ1v) is 18.0. The van der Waals surface area contributed by atoms with Crippen molar-refractivity contribution >= 4 is 12.2 Å². The lowest BCUT2D eigenvalue weighted by atomic mass is 10.0. The fourth-order valence-electron chi connectivity index (χ4n) is 7.69. The zero-order valence-electron chi connectivity index (χ0n) is 30.0. The molecule has 4 fully saturated rings. The summed E-state index contributed by atoms with van der Waals surface area (Å²) in [6, 6.07) is 16.7. The van der Waals surface area contributed by atoms with E-state index in [1.165, 1.54) is 0 Å². The molecule has 4 heterocycles. The molecule has 2 aliphatic heterocycles. The molecule has 4 aromatic rings. The van der Waals surface area contributed by atoms with Gasteiger partial charge in [0.1, 0.15) is 22.9 Å². The Hall–Kier alpha value is -4.60. The summed E-state index contributed by atoms with van der Waals surface area (Å²) in [5.41, 5.74) is 5.51. The molecule has 10 nitrogen and oxygen atoms in total. The van der Waals surface area contributed by atoms with Crippen LogP contribution in [0.5, 0.6) is 0 Å². The van der Waals surface area contributed by atoms with Crippen molar-refractivity contribution in [3.05, 3.63) is 72.6 Å². The van der Waals surface area contributed by atoms with Gasteiger partial charge in [-0.25, -0.2) is 19.6 Å². The number of imidazole rings is 2. The van der Waals surface area contributed by atoms with Crippen LogP contribution in [0.3, 0.4) is 0 Å². The van der Waals surface area contributed by atoms with Gasteiger partial charge in [0, 0.05) is 13.1 Å². The number of H-pyrrole nitrogens is 2. The highest BCUT2D eigenvalue weighted by molar-refractivity contribution is 5.73. The number of aromatic amines is 2. The van der Waals surface area contributed by atoms with E-state index in [2.05, 4.69) is 58.5 Å². The summed E-state index contributed by atoms with van der Waals surface area (Å²) in [6.07, 6.45) is 9.64. The predicted molar refractivity (Wildman–Crippen MR) is 191 cm³/mol. The van der Waals surface area contributed by atoms with E-state index < -0.39 is 11.2 Å². The van der Waals surface area contributed by atoms with E-state index in [-0.39, 0.29) is 35.1 Å². The molecule has 2 atom stereocenters. The first-order chi connectivity index (χ1) is 23.7. The van der Waals surface area contributed by atoms with Crippen LogP contribution in [0, 0.1) is 10.8 Å². The Labute approximate surface area is 294 Å². The minimum atomic E-state index is -0.540. The Morgan fingerprint density at radius 1 is 0.620 bits per heavy atom. The second-order valence-corrected chi connectivity index (χ2v) is 17.2. The topological polar surface area (TPSA) is 116 Å². The van der Waals surface area contributed by atoms with Gasteiger partial charge >= 0.3 is 12.2 Å². The highest BCUT2D eigenvalue weighted by Gasteiger charge is 2.56. The standard InChI is InChI=1S/C40H48N6O4/c1-37(2,3)49-35(47)45-23-39(15-16-39)19-31(45)33-41-21-29(43-33)27-11-7-25(8-12-27)26-9-13-28(14-10-26)30-22-42-34(44-30)32-20-40(17-18-40)24-46(32)36(48)50-38(4,5)6/h7-14,21-22,31-32H,15-20,23-24H2,1-6H3,(H,41,43)(H,42,44)/t31-,32-/m0/s1. The zero-order chi connectivity index (χ0) is 35.1. The Balaban J connectivity index is 0.945. The third kappa shape index (κ3) is 6.52. The monoisotopic (exact) mass is 676 g/mol. The quantitative estimate of drug-likeness (QED) is 0.218. The minimum absolute atomic E-state index is 0.109. The third-order valence-electron chi connectivity index (χ3n) is 10.7. The second-order valence-electron chi connectivity index (χ2n) is 17.2. The number of nitrogens with one attached hydrogen (secondary N) is 2. The van der Waals surface area contributed by atoms with Gasteiger partial charge in [-0.2, -0.15) is 0 Å². The van der Waals surface area contributed by atoms with Crippen molar-refractivity contribution < 1.29 is 19.1 Å². The van der Waals surface area contributed by atoms with Gasteiger partial charge in [-0.3, -0.25) is 9.80 Å². The number of nitrogens with zero attached hydrogens (tertiary/aromatic N) is 4. The number of aromatic nitrogens is 4. The van der Waals surface area contributed by atoms with Crippen LogP contribution in [0.4, 0.5) is 9.59 Å². The van der Waals surface area contributed by atoms with E-state index in [1.54, 1.807) is 0 Å². The van der Waals surface area contributed by atoms with E-state index in [0.29, 0.717) is 0 Å². The summed E-state index contributed by atoms with van der Waals surface area (Å²) < 4.78 is 11.5. The van der Waals surface area contributed by atoms with Crippen LogP contribution in [-0.4, -0.2) is 66.2 Å². The lowest BCUT2D eigenvalue weighted by Crippen LogP contribution is -2.37. The number of ether oxygens (including phenoxy) is 2. The molecule has 2 aliphatic carbocycles.